The number of para-hydroxylation sites is 4. The Kier molecular flexibility index (Phi) is 9.53. The van der Waals surface area contributed by atoms with Crippen LogP contribution in [0.15, 0.2) is 271 Å². The van der Waals surface area contributed by atoms with Gasteiger partial charge in [0, 0.05) is 44.2 Å². The molecule has 14 aromatic rings. The predicted molar refractivity (Wildman–Crippen MR) is 299 cm³/mol. The molecule has 0 unspecified atom stereocenters. The van der Waals surface area contributed by atoms with E-state index in [1.807, 2.05) is 6.07 Å². The van der Waals surface area contributed by atoms with Gasteiger partial charge in [0.1, 0.15) is 11.2 Å². The van der Waals surface area contributed by atoms with Crippen LogP contribution in [0.5, 0.6) is 0 Å². The van der Waals surface area contributed by atoms with Crippen LogP contribution >= 0.6 is 0 Å². The number of nitrogens with zero attached hydrogens (tertiary/aromatic N) is 2. The second-order valence-electron chi connectivity index (χ2n) is 18.4. The van der Waals surface area contributed by atoms with E-state index in [0.29, 0.717) is 0 Å². The highest BCUT2D eigenvalue weighted by atomic mass is 16.3. The smallest absolute Gasteiger partial charge is 0.136 e. The average molecular weight is 905 g/mol. The molecule has 0 radical (unpaired) electrons. The summed E-state index contributed by atoms with van der Waals surface area (Å²) in [7, 11) is 0. The summed E-state index contributed by atoms with van der Waals surface area (Å²) in [6.45, 7) is 0. The minimum Gasteiger partial charge on any atom is -0.456 e. The monoisotopic (exact) mass is 904 g/mol. The van der Waals surface area contributed by atoms with Crippen molar-refractivity contribution in [3.63, 3.8) is 0 Å². The van der Waals surface area contributed by atoms with Crippen LogP contribution in [-0.2, 0) is 0 Å². The molecule has 3 heteroatoms. The number of rotatable bonds is 8. The van der Waals surface area contributed by atoms with Gasteiger partial charge in [-0.25, -0.2) is 0 Å². The number of furan rings is 1. The molecule has 2 heterocycles. The molecular weight excluding hydrogens is 861 g/mol. The first kappa shape index (κ1) is 40.6. The molecule has 3 nitrogen and oxygen atoms in total. The minimum atomic E-state index is 0.877. The van der Waals surface area contributed by atoms with Crippen molar-refractivity contribution in [2.24, 2.45) is 0 Å². The standard InChI is InChI=1S/C68H44N2O/c1-2-18-54-50(15-1)44-62(56-20-4-3-19-55(54)56)47-35-41-52(42-36-47)69(63-26-9-7-23-59(63)60-25-14-30-67-68(60)61-24-8-12-29-66(61)71-67)51-37-31-45(32-38-51)48-16-13-17-49(43-48)46-33-39-53(40-34-46)70-64-27-10-5-21-57(64)58-22-6-11-28-65(58)70/h1-44H. The zero-order valence-electron chi connectivity index (χ0n) is 38.7. The third-order valence-electron chi connectivity index (χ3n) is 14.4. The molecule has 14 rings (SSSR count). The van der Waals surface area contributed by atoms with E-state index in [2.05, 4.69) is 270 Å². The van der Waals surface area contributed by atoms with Crippen LogP contribution in [0.2, 0.25) is 0 Å². The van der Waals surface area contributed by atoms with E-state index in [0.717, 1.165) is 66.9 Å². The van der Waals surface area contributed by atoms with Crippen LogP contribution in [0.1, 0.15) is 0 Å². The van der Waals surface area contributed by atoms with Crippen LogP contribution in [0.3, 0.4) is 0 Å². The fraction of sp³-hybridized carbons (Fsp3) is 0. The second-order valence-corrected chi connectivity index (χ2v) is 18.4. The van der Waals surface area contributed by atoms with Gasteiger partial charge in [0.2, 0.25) is 0 Å². The number of aromatic nitrogens is 1. The third kappa shape index (κ3) is 6.82. The van der Waals surface area contributed by atoms with Crippen molar-refractivity contribution in [3.8, 4) is 50.2 Å². The number of anilines is 3. The van der Waals surface area contributed by atoms with Gasteiger partial charge in [-0.1, -0.05) is 188 Å². The van der Waals surface area contributed by atoms with Crippen molar-refractivity contribution in [1.29, 1.82) is 0 Å². The summed E-state index contributed by atoms with van der Waals surface area (Å²) in [5, 5.41) is 9.78. The zero-order chi connectivity index (χ0) is 46.8. The first-order chi connectivity index (χ1) is 35.2. The lowest BCUT2D eigenvalue weighted by atomic mass is 9.93. The summed E-state index contributed by atoms with van der Waals surface area (Å²) in [5.41, 5.74) is 17.9. The molecule has 71 heavy (non-hydrogen) atoms. The van der Waals surface area contributed by atoms with Crippen LogP contribution in [0.25, 0.3) is 115 Å². The Hall–Kier alpha value is -9.44. The molecule has 0 bridgehead atoms. The van der Waals surface area contributed by atoms with Crippen molar-refractivity contribution in [3.05, 3.63) is 267 Å². The summed E-state index contributed by atoms with van der Waals surface area (Å²) in [5.74, 6) is 0. The van der Waals surface area contributed by atoms with Gasteiger partial charge in [-0.3, -0.25) is 0 Å². The van der Waals surface area contributed by atoms with Gasteiger partial charge in [0.25, 0.3) is 0 Å². The van der Waals surface area contributed by atoms with E-state index in [9.17, 15) is 0 Å². The summed E-state index contributed by atoms with van der Waals surface area (Å²) in [6, 6.07) is 96.7. The molecule has 0 aliphatic rings. The molecule has 2 aromatic heterocycles. The lowest BCUT2D eigenvalue weighted by Gasteiger charge is -2.28. The Labute approximate surface area is 411 Å². The van der Waals surface area contributed by atoms with Crippen LogP contribution in [0, 0.1) is 0 Å². The topological polar surface area (TPSA) is 21.3 Å². The van der Waals surface area contributed by atoms with Gasteiger partial charge in [-0.15, -0.1) is 0 Å². The van der Waals surface area contributed by atoms with Crippen molar-refractivity contribution in [1.82, 2.24) is 4.57 Å². The fourth-order valence-electron chi connectivity index (χ4n) is 11.1. The molecular formula is C68H44N2O. The predicted octanol–water partition coefficient (Wildman–Crippen LogP) is 19.1. The Morgan fingerprint density at radius 3 is 1.51 bits per heavy atom. The number of fused-ring (bicyclic) bond motifs is 9. The maximum Gasteiger partial charge on any atom is 0.136 e. The van der Waals surface area contributed by atoms with Crippen molar-refractivity contribution in [2.75, 3.05) is 4.90 Å². The molecule has 0 fully saturated rings. The quantitative estimate of drug-likeness (QED) is 0.142. The third-order valence-corrected chi connectivity index (χ3v) is 14.4. The van der Waals surface area contributed by atoms with Gasteiger partial charge in [0.15, 0.2) is 0 Å². The van der Waals surface area contributed by atoms with Crippen LogP contribution in [0.4, 0.5) is 17.1 Å². The first-order valence-corrected chi connectivity index (χ1v) is 24.3. The van der Waals surface area contributed by atoms with Crippen molar-refractivity contribution >= 4 is 82.4 Å². The highest BCUT2D eigenvalue weighted by Crippen LogP contribution is 2.46. The SMILES string of the molecule is c1cc(-c2ccc(N(c3ccc(-c4cc5ccccc5c5ccccc45)cc3)c3ccccc3-c3cccc4oc5ccccc5c34)cc2)cc(-c2ccc(-n3c4ccccc4c4ccccc43)cc2)c1. The molecule has 0 aliphatic heterocycles. The van der Waals surface area contributed by atoms with Gasteiger partial charge in [0.05, 0.1) is 16.7 Å². The largest absolute Gasteiger partial charge is 0.456 e. The van der Waals surface area contributed by atoms with Gasteiger partial charge >= 0.3 is 0 Å². The molecule has 0 saturated carbocycles. The highest BCUT2D eigenvalue weighted by molar-refractivity contribution is 6.15. The van der Waals surface area contributed by atoms with E-state index in [1.165, 1.54) is 65.6 Å². The molecule has 0 atom stereocenters. The fourth-order valence-corrected chi connectivity index (χ4v) is 11.1. The first-order valence-electron chi connectivity index (χ1n) is 24.3. The summed E-state index contributed by atoms with van der Waals surface area (Å²) in [4.78, 5) is 2.40. The average Bonchev–Trinajstić information content (AvgIpc) is 4.00. The zero-order valence-corrected chi connectivity index (χ0v) is 38.7. The van der Waals surface area contributed by atoms with Gasteiger partial charge < -0.3 is 13.9 Å². The Morgan fingerprint density at radius 1 is 0.296 bits per heavy atom. The Balaban J connectivity index is 0.855. The Bertz CT molecular complexity index is 4280. The van der Waals surface area contributed by atoms with Gasteiger partial charge in [-0.2, -0.15) is 0 Å². The Morgan fingerprint density at radius 2 is 0.803 bits per heavy atom. The second kappa shape index (κ2) is 16.7. The van der Waals surface area contributed by atoms with E-state index in [-0.39, 0.29) is 0 Å². The minimum absolute atomic E-state index is 0.877. The lowest BCUT2D eigenvalue weighted by molar-refractivity contribution is 0.669. The van der Waals surface area contributed by atoms with E-state index in [4.69, 9.17) is 4.42 Å². The number of benzene rings is 12. The normalized spacial score (nSPS) is 11.7. The molecule has 0 N–H and O–H groups in total. The van der Waals surface area contributed by atoms with Crippen LogP contribution in [-0.4, -0.2) is 4.57 Å². The van der Waals surface area contributed by atoms with E-state index in [1.54, 1.807) is 0 Å². The number of hydrogen-bond acceptors (Lipinski definition) is 2. The molecule has 0 aliphatic carbocycles. The molecule has 0 spiro atoms. The highest BCUT2D eigenvalue weighted by Gasteiger charge is 2.21. The number of hydrogen-bond donors (Lipinski definition) is 0. The lowest BCUT2D eigenvalue weighted by Crippen LogP contribution is -2.11. The molecule has 12 aromatic carbocycles. The van der Waals surface area contributed by atoms with E-state index >= 15 is 0 Å². The van der Waals surface area contributed by atoms with Crippen molar-refractivity contribution < 1.29 is 4.42 Å². The summed E-state index contributed by atoms with van der Waals surface area (Å²) >= 11 is 0. The molecule has 0 amide bonds. The maximum atomic E-state index is 6.42. The van der Waals surface area contributed by atoms with E-state index < -0.39 is 0 Å². The molecule has 0 saturated heterocycles. The van der Waals surface area contributed by atoms with Crippen molar-refractivity contribution in [2.45, 2.75) is 0 Å². The van der Waals surface area contributed by atoms with Crippen LogP contribution < -0.4 is 4.90 Å². The summed E-state index contributed by atoms with van der Waals surface area (Å²) in [6.07, 6.45) is 0. The summed E-state index contributed by atoms with van der Waals surface area (Å²) < 4.78 is 8.79. The van der Waals surface area contributed by atoms with Gasteiger partial charge in [-0.05, 0) is 139 Å². The maximum absolute atomic E-state index is 6.42. The molecule has 332 valence electrons.